The van der Waals surface area contributed by atoms with Crippen LogP contribution in [-0.2, 0) is 11.3 Å². The van der Waals surface area contributed by atoms with Gasteiger partial charge in [0.1, 0.15) is 5.75 Å². The molecule has 0 bridgehead atoms. The van der Waals surface area contributed by atoms with Gasteiger partial charge >= 0.3 is 0 Å². The number of rotatable bonds is 6. The zero-order valence-electron chi connectivity index (χ0n) is 16.0. The zero-order chi connectivity index (χ0) is 21.1. The van der Waals surface area contributed by atoms with Gasteiger partial charge in [0, 0.05) is 11.2 Å². The van der Waals surface area contributed by atoms with Crippen molar-refractivity contribution in [1.29, 1.82) is 0 Å². The number of halogens is 2. The van der Waals surface area contributed by atoms with E-state index in [1.165, 1.54) is 11.3 Å². The van der Waals surface area contributed by atoms with Crippen molar-refractivity contribution in [3.63, 3.8) is 0 Å². The van der Waals surface area contributed by atoms with Crippen LogP contribution < -0.4 is 9.64 Å². The van der Waals surface area contributed by atoms with Crippen molar-refractivity contribution >= 4 is 55.8 Å². The summed E-state index contributed by atoms with van der Waals surface area (Å²) in [6.45, 7) is 2.12. The van der Waals surface area contributed by atoms with E-state index in [0.717, 1.165) is 21.5 Å². The maximum atomic E-state index is 13.1. The van der Waals surface area contributed by atoms with Gasteiger partial charge in [-0.05, 0) is 55.0 Å². The lowest BCUT2D eigenvalue weighted by Crippen LogP contribution is -2.34. The fourth-order valence-electron chi connectivity index (χ4n) is 2.86. The molecule has 2 aromatic carbocycles. The summed E-state index contributed by atoms with van der Waals surface area (Å²) in [4.78, 5) is 23.7. The molecule has 0 fully saturated rings. The summed E-state index contributed by atoms with van der Waals surface area (Å²) < 4.78 is 6.68. The third-order valence-electron chi connectivity index (χ3n) is 4.36. The molecule has 0 aliphatic carbocycles. The first-order chi connectivity index (χ1) is 14.5. The third kappa shape index (κ3) is 4.73. The maximum Gasteiger partial charge on any atom is 0.267 e. The molecule has 0 atom stereocenters. The number of aryl methyl sites for hydroxylation is 1. The SMILES string of the molecule is Cc1ccc2nc(N(Cc3ccccn3)C(=O)COc3ccc(Cl)cc3Cl)sc2c1. The largest absolute Gasteiger partial charge is 0.482 e. The van der Waals surface area contributed by atoms with E-state index in [4.69, 9.17) is 27.9 Å². The van der Waals surface area contributed by atoms with Crippen LogP contribution in [0.5, 0.6) is 5.75 Å². The number of benzene rings is 2. The fraction of sp³-hybridized carbons (Fsp3) is 0.136. The van der Waals surface area contributed by atoms with Crippen molar-refractivity contribution < 1.29 is 9.53 Å². The molecule has 0 unspecified atom stereocenters. The third-order valence-corrected chi connectivity index (χ3v) is 5.93. The Labute approximate surface area is 187 Å². The van der Waals surface area contributed by atoms with E-state index < -0.39 is 0 Å². The number of anilines is 1. The monoisotopic (exact) mass is 457 g/mol. The number of carbonyl (C=O) groups excluding carboxylic acids is 1. The first kappa shape index (κ1) is 20.6. The highest BCUT2D eigenvalue weighted by molar-refractivity contribution is 7.22. The summed E-state index contributed by atoms with van der Waals surface area (Å²) in [6.07, 6.45) is 1.70. The zero-order valence-corrected chi connectivity index (χ0v) is 18.3. The Morgan fingerprint density at radius 2 is 2.00 bits per heavy atom. The second kappa shape index (κ2) is 9.00. The molecule has 152 valence electrons. The molecule has 1 amide bonds. The van der Waals surface area contributed by atoms with Gasteiger partial charge in [-0.3, -0.25) is 14.7 Å². The molecule has 0 saturated heterocycles. The second-order valence-electron chi connectivity index (χ2n) is 6.63. The summed E-state index contributed by atoms with van der Waals surface area (Å²) in [5.74, 6) is 0.148. The quantitative estimate of drug-likeness (QED) is 0.360. The van der Waals surface area contributed by atoms with E-state index in [1.807, 2.05) is 37.3 Å². The highest BCUT2D eigenvalue weighted by Gasteiger charge is 2.22. The predicted molar refractivity (Wildman–Crippen MR) is 122 cm³/mol. The molecule has 0 spiro atoms. The lowest BCUT2D eigenvalue weighted by Gasteiger charge is -2.20. The van der Waals surface area contributed by atoms with Crippen LogP contribution in [0.15, 0.2) is 60.8 Å². The first-order valence-electron chi connectivity index (χ1n) is 9.15. The minimum atomic E-state index is -0.248. The van der Waals surface area contributed by atoms with E-state index in [2.05, 4.69) is 16.0 Å². The van der Waals surface area contributed by atoms with Gasteiger partial charge < -0.3 is 4.74 Å². The Kier molecular flexibility index (Phi) is 6.18. The van der Waals surface area contributed by atoms with Crippen LogP contribution in [0.3, 0.4) is 0 Å². The van der Waals surface area contributed by atoms with Gasteiger partial charge in [0.2, 0.25) is 0 Å². The van der Waals surface area contributed by atoms with Crippen LogP contribution in [-0.4, -0.2) is 22.5 Å². The molecule has 0 aliphatic heterocycles. The van der Waals surface area contributed by atoms with Gasteiger partial charge in [-0.2, -0.15) is 0 Å². The molecule has 5 nitrogen and oxygen atoms in total. The van der Waals surface area contributed by atoms with Gasteiger partial charge in [0.05, 0.1) is 27.5 Å². The van der Waals surface area contributed by atoms with E-state index in [9.17, 15) is 4.79 Å². The van der Waals surface area contributed by atoms with Crippen LogP contribution in [0.1, 0.15) is 11.3 Å². The topological polar surface area (TPSA) is 55.3 Å². The van der Waals surface area contributed by atoms with Crippen molar-refractivity contribution in [2.24, 2.45) is 0 Å². The number of fused-ring (bicyclic) bond motifs is 1. The van der Waals surface area contributed by atoms with Crippen LogP contribution >= 0.6 is 34.5 Å². The molecule has 0 radical (unpaired) electrons. The predicted octanol–water partition coefficient (Wildman–Crippen LogP) is 5.92. The molecule has 2 aromatic heterocycles. The van der Waals surface area contributed by atoms with E-state index in [-0.39, 0.29) is 19.1 Å². The molecule has 0 N–H and O–H groups in total. The summed E-state index contributed by atoms with van der Waals surface area (Å²) in [7, 11) is 0. The number of ether oxygens (including phenoxy) is 1. The highest BCUT2D eigenvalue weighted by atomic mass is 35.5. The summed E-state index contributed by atoms with van der Waals surface area (Å²) in [6, 6.07) is 16.5. The average molecular weight is 458 g/mol. The Morgan fingerprint density at radius 1 is 1.13 bits per heavy atom. The Morgan fingerprint density at radius 3 is 2.77 bits per heavy atom. The van der Waals surface area contributed by atoms with Crippen LogP contribution in [0.2, 0.25) is 10.0 Å². The minimum Gasteiger partial charge on any atom is -0.482 e. The van der Waals surface area contributed by atoms with E-state index >= 15 is 0 Å². The molecule has 30 heavy (non-hydrogen) atoms. The Hall–Kier alpha value is -2.67. The van der Waals surface area contributed by atoms with Crippen molar-refractivity contribution in [3.05, 3.63) is 82.1 Å². The van der Waals surface area contributed by atoms with Gasteiger partial charge in [0.15, 0.2) is 11.7 Å². The molecular weight excluding hydrogens is 441 g/mol. The number of thiazole rings is 1. The number of aromatic nitrogens is 2. The van der Waals surface area contributed by atoms with Gasteiger partial charge in [-0.15, -0.1) is 0 Å². The molecule has 0 saturated carbocycles. The van der Waals surface area contributed by atoms with Crippen LogP contribution in [0.4, 0.5) is 5.13 Å². The number of hydrogen-bond acceptors (Lipinski definition) is 5. The van der Waals surface area contributed by atoms with Crippen LogP contribution in [0, 0.1) is 6.92 Å². The van der Waals surface area contributed by atoms with Crippen molar-refractivity contribution in [1.82, 2.24) is 9.97 Å². The van der Waals surface area contributed by atoms with Gasteiger partial charge in [0.25, 0.3) is 5.91 Å². The van der Waals surface area contributed by atoms with Crippen LogP contribution in [0.25, 0.3) is 10.2 Å². The van der Waals surface area contributed by atoms with Gasteiger partial charge in [-0.25, -0.2) is 4.98 Å². The summed E-state index contributed by atoms with van der Waals surface area (Å²) in [5, 5.41) is 1.44. The van der Waals surface area contributed by atoms with Gasteiger partial charge in [-0.1, -0.05) is 46.7 Å². The normalized spacial score (nSPS) is 10.9. The molecular formula is C22H17Cl2N3O2S. The van der Waals surface area contributed by atoms with E-state index in [1.54, 1.807) is 29.3 Å². The van der Waals surface area contributed by atoms with Crippen molar-refractivity contribution in [2.75, 3.05) is 11.5 Å². The highest BCUT2D eigenvalue weighted by Crippen LogP contribution is 2.31. The van der Waals surface area contributed by atoms with Crippen molar-refractivity contribution in [3.8, 4) is 5.75 Å². The van der Waals surface area contributed by atoms with E-state index in [0.29, 0.717) is 20.9 Å². The second-order valence-corrected chi connectivity index (χ2v) is 8.48. The molecule has 8 heteroatoms. The summed E-state index contributed by atoms with van der Waals surface area (Å²) in [5.41, 5.74) is 2.74. The molecule has 0 aliphatic rings. The first-order valence-corrected chi connectivity index (χ1v) is 10.7. The average Bonchev–Trinajstić information content (AvgIpc) is 3.14. The summed E-state index contributed by atoms with van der Waals surface area (Å²) >= 11 is 13.5. The number of amides is 1. The fourth-order valence-corrected chi connectivity index (χ4v) is 4.40. The standard InChI is InChI=1S/C22H17Cl2N3O2S/c1-14-5-7-18-20(10-14)30-22(26-18)27(12-16-4-2-3-9-25-16)21(28)13-29-19-8-6-15(23)11-17(19)24/h2-11H,12-13H2,1H3. The number of pyridine rings is 1. The van der Waals surface area contributed by atoms with Crippen molar-refractivity contribution in [2.45, 2.75) is 13.5 Å². The maximum absolute atomic E-state index is 13.1. The molecule has 4 rings (SSSR count). The smallest absolute Gasteiger partial charge is 0.267 e. The minimum absolute atomic E-state index is 0.191. The number of nitrogens with zero attached hydrogens (tertiary/aromatic N) is 3. The Bertz CT molecular complexity index is 1200. The number of carbonyl (C=O) groups is 1. The Balaban J connectivity index is 1.61. The number of hydrogen-bond donors (Lipinski definition) is 0. The lowest BCUT2D eigenvalue weighted by molar-refractivity contribution is -0.120. The molecule has 4 aromatic rings. The molecule has 2 heterocycles. The lowest BCUT2D eigenvalue weighted by atomic mass is 10.2.